The molecule has 0 atom stereocenters. The van der Waals surface area contributed by atoms with E-state index in [0.717, 1.165) is 17.3 Å². The van der Waals surface area contributed by atoms with E-state index in [1.165, 1.54) is 0 Å². The van der Waals surface area contributed by atoms with Crippen molar-refractivity contribution in [3.05, 3.63) is 58.1 Å². The van der Waals surface area contributed by atoms with Crippen LogP contribution in [0.5, 0.6) is 5.75 Å². The van der Waals surface area contributed by atoms with Crippen molar-refractivity contribution in [2.75, 3.05) is 11.9 Å². The summed E-state index contributed by atoms with van der Waals surface area (Å²) in [5, 5.41) is 5.75. The zero-order valence-electron chi connectivity index (χ0n) is 16.8. The lowest BCUT2D eigenvalue weighted by Crippen LogP contribution is -2.40. The van der Waals surface area contributed by atoms with Crippen molar-refractivity contribution in [1.82, 2.24) is 5.32 Å². The lowest BCUT2D eigenvalue weighted by atomic mass is 10.1. The smallest absolute Gasteiger partial charge is 0.255 e. The second-order valence-corrected chi connectivity index (χ2v) is 8.41. The molecule has 0 saturated carbocycles. The fourth-order valence-corrected chi connectivity index (χ4v) is 2.97. The summed E-state index contributed by atoms with van der Waals surface area (Å²) in [5.41, 5.74) is 0.992. The van der Waals surface area contributed by atoms with Crippen molar-refractivity contribution in [3.63, 3.8) is 0 Å². The Kier molecular flexibility index (Phi) is 7.63. The van der Waals surface area contributed by atoms with Crippen LogP contribution < -0.4 is 15.4 Å². The van der Waals surface area contributed by atoms with E-state index in [9.17, 15) is 9.59 Å². The molecule has 0 aliphatic rings. The van der Waals surface area contributed by atoms with Gasteiger partial charge in [0.1, 0.15) is 5.75 Å². The molecule has 0 unspecified atom stereocenters. The average Bonchev–Trinajstić information content (AvgIpc) is 2.62. The number of nitrogens with one attached hydrogen (secondary N) is 2. The van der Waals surface area contributed by atoms with Crippen molar-refractivity contribution in [2.24, 2.45) is 0 Å². The first-order valence-corrected chi connectivity index (χ1v) is 10.2. The Morgan fingerprint density at radius 3 is 2.43 bits per heavy atom. The number of para-hydroxylation sites is 1. The maximum Gasteiger partial charge on any atom is 0.255 e. The molecular formula is C22H27BrN2O3. The number of halogens is 1. The van der Waals surface area contributed by atoms with Gasteiger partial charge in [-0.15, -0.1) is 0 Å². The SMILES string of the molecule is CCCCOc1ccc(C(=O)Nc2ccccc2C(=O)NC(C)(C)C)cc1Br. The summed E-state index contributed by atoms with van der Waals surface area (Å²) in [6, 6.07) is 12.2. The topological polar surface area (TPSA) is 67.4 Å². The zero-order valence-corrected chi connectivity index (χ0v) is 18.4. The van der Waals surface area contributed by atoms with Crippen LogP contribution in [0.15, 0.2) is 46.9 Å². The Morgan fingerprint density at radius 1 is 1.07 bits per heavy atom. The monoisotopic (exact) mass is 446 g/mol. The number of ether oxygens (including phenoxy) is 1. The van der Waals surface area contributed by atoms with Gasteiger partial charge in [0.15, 0.2) is 0 Å². The van der Waals surface area contributed by atoms with Gasteiger partial charge >= 0.3 is 0 Å². The van der Waals surface area contributed by atoms with E-state index >= 15 is 0 Å². The summed E-state index contributed by atoms with van der Waals surface area (Å²) < 4.78 is 6.41. The molecule has 28 heavy (non-hydrogen) atoms. The van der Waals surface area contributed by atoms with E-state index in [0.29, 0.717) is 29.2 Å². The highest BCUT2D eigenvalue weighted by Gasteiger charge is 2.19. The number of anilines is 1. The van der Waals surface area contributed by atoms with Gasteiger partial charge in [0.25, 0.3) is 11.8 Å². The summed E-state index contributed by atoms with van der Waals surface area (Å²) in [7, 11) is 0. The van der Waals surface area contributed by atoms with E-state index in [1.807, 2.05) is 20.8 Å². The molecule has 2 rings (SSSR count). The maximum absolute atomic E-state index is 12.7. The summed E-state index contributed by atoms with van der Waals surface area (Å²) in [4.78, 5) is 25.2. The minimum Gasteiger partial charge on any atom is -0.492 e. The van der Waals surface area contributed by atoms with Gasteiger partial charge in [-0.25, -0.2) is 0 Å². The van der Waals surface area contributed by atoms with Crippen molar-refractivity contribution < 1.29 is 14.3 Å². The molecule has 0 aliphatic heterocycles. The standard InChI is InChI=1S/C22H27BrN2O3/c1-5-6-13-28-19-12-11-15(14-17(19)23)20(26)24-18-10-8-7-9-16(18)21(27)25-22(2,3)4/h7-12,14H,5-6,13H2,1-4H3,(H,24,26)(H,25,27). The van der Waals surface area contributed by atoms with E-state index in [-0.39, 0.29) is 17.4 Å². The van der Waals surface area contributed by atoms with Crippen LogP contribution in [0.25, 0.3) is 0 Å². The molecule has 0 aliphatic carbocycles. The predicted molar refractivity (Wildman–Crippen MR) is 116 cm³/mol. The Morgan fingerprint density at radius 2 is 1.79 bits per heavy atom. The summed E-state index contributed by atoms with van der Waals surface area (Å²) in [6.07, 6.45) is 2.03. The Balaban J connectivity index is 2.15. The van der Waals surface area contributed by atoms with Crippen LogP contribution in [0, 0.1) is 0 Å². The number of carbonyl (C=O) groups is 2. The van der Waals surface area contributed by atoms with Gasteiger partial charge in [-0.1, -0.05) is 25.5 Å². The molecule has 2 aromatic rings. The van der Waals surface area contributed by atoms with Crippen LogP contribution in [0.4, 0.5) is 5.69 Å². The molecule has 0 heterocycles. The first-order chi connectivity index (χ1) is 13.2. The Labute approximate surface area is 175 Å². The van der Waals surface area contributed by atoms with Gasteiger partial charge in [0.05, 0.1) is 22.3 Å². The van der Waals surface area contributed by atoms with Gasteiger partial charge < -0.3 is 15.4 Å². The van der Waals surface area contributed by atoms with E-state index in [2.05, 4.69) is 33.5 Å². The molecule has 0 fully saturated rings. The van der Waals surface area contributed by atoms with Crippen LogP contribution in [0.2, 0.25) is 0 Å². The molecule has 0 radical (unpaired) electrons. The molecule has 6 heteroatoms. The molecule has 0 saturated heterocycles. The fourth-order valence-electron chi connectivity index (χ4n) is 2.48. The molecule has 2 aromatic carbocycles. The predicted octanol–water partition coefficient (Wildman–Crippen LogP) is 5.41. The van der Waals surface area contributed by atoms with Gasteiger partial charge in [-0.3, -0.25) is 9.59 Å². The Hall–Kier alpha value is -2.34. The molecule has 150 valence electrons. The molecule has 5 nitrogen and oxygen atoms in total. The molecule has 0 aromatic heterocycles. The lowest BCUT2D eigenvalue weighted by molar-refractivity contribution is 0.0920. The number of hydrogen-bond donors (Lipinski definition) is 2. The van der Waals surface area contributed by atoms with Gasteiger partial charge in [-0.05, 0) is 73.5 Å². The van der Waals surface area contributed by atoms with Gasteiger partial charge in [0.2, 0.25) is 0 Å². The number of unbranched alkanes of at least 4 members (excludes halogenated alkanes) is 1. The van der Waals surface area contributed by atoms with Crippen LogP contribution in [-0.2, 0) is 0 Å². The van der Waals surface area contributed by atoms with Gasteiger partial charge in [-0.2, -0.15) is 0 Å². The molecule has 2 N–H and O–H groups in total. The highest BCUT2D eigenvalue weighted by molar-refractivity contribution is 9.10. The van der Waals surface area contributed by atoms with Crippen LogP contribution in [-0.4, -0.2) is 24.0 Å². The summed E-state index contributed by atoms with van der Waals surface area (Å²) in [5.74, 6) is 0.177. The third kappa shape index (κ3) is 6.37. The van der Waals surface area contributed by atoms with Crippen molar-refractivity contribution in [3.8, 4) is 5.75 Å². The van der Waals surface area contributed by atoms with Crippen molar-refractivity contribution in [1.29, 1.82) is 0 Å². The largest absolute Gasteiger partial charge is 0.492 e. The third-order valence-corrected chi connectivity index (χ3v) is 4.48. The number of amides is 2. The first kappa shape index (κ1) is 22.0. The lowest BCUT2D eigenvalue weighted by Gasteiger charge is -2.21. The second-order valence-electron chi connectivity index (χ2n) is 7.55. The van der Waals surface area contributed by atoms with Crippen LogP contribution >= 0.6 is 15.9 Å². The summed E-state index contributed by atoms with van der Waals surface area (Å²) >= 11 is 3.45. The number of benzene rings is 2. The number of hydrogen-bond acceptors (Lipinski definition) is 3. The van der Waals surface area contributed by atoms with Crippen molar-refractivity contribution in [2.45, 2.75) is 46.1 Å². The van der Waals surface area contributed by atoms with Crippen LogP contribution in [0.3, 0.4) is 0 Å². The minimum atomic E-state index is -0.368. The normalized spacial score (nSPS) is 11.0. The van der Waals surface area contributed by atoms with Crippen molar-refractivity contribution >= 4 is 33.4 Å². The highest BCUT2D eigenvalue weighted by atomic mass is 79.9. The van der Waals surface area contributed by atoms with E-state index < -0.39 is 0 Å². The number of carbonyl (C=O) groups excluding carboxylic acids is 2. The number of rotatable bonds is 7. The highest BCUT2D eigenvalue weighted by Crippen LogP contribution is 2.27. The summed E-state index contributed by atoms with van der Waals surface area (Å²) in [6.45, 7) is 8.47. The second kappa shape index (κ2) is 9.73. The molecule has 0 bridgehead atoms. The first-order valence-electron chi connectivity index (χ1n) is 9.36. The zero-order chi connectivity index (χ0) is 20.7. The maximum atomic E-state index is 12.7. The van der Waals surface area contributed by atoms with E-state index in [1.54, 1.807) is 42.5 Å². The van der Waals surface area contributed by atoms with Crippen LogP contribution in [0.1, 0.15) is 61.3 Å². The molecular weight excluding hydrogens is 420 g/mol. The molecule has 0 spiro atoms. The average molecular weight is 447 g/mol. The van der Waals surface area contributed by atoms with E-state index in [4.69, 9.17) is 4.74 Å². The molecule has 2 amide bonds. The van der Waals surface area contributed by atoms with Gasteiger partial charge in [0, 0.05) is 11.1 Å². The Bertz CT molecular complexity index is 844. The quantitative estimate of drug-likeness (QED) is 0.558. The third-order valence-electron chi connectivity index (χ3n) is 3.86. The fraction of sp³-hybridized carbons (Fsp3) is 0.364. The minimum absolute atomic E-state index is 0.232.